The summed E-state index contributed by atoms with van der Waals surface area (Å²) in [5.41, 5.74) is 9.63. The number of nitrogens with one attached hydrogen (secondary N) is 2. The lowest BCUT2D eigenvalue weighted by molar-refractivity contribution is 0.100. The van der Waals surface area contributed by atoms with Gasteiger partial charge in [-0.1, -0.05) is 25.8 Å². The molecular formula is C22H23N5O3. The van der Waals surface area contributed by atoms with E-state index < -0.39 is 5.91 Å². The number of aromatic amines is 2. The van der Waals surface area contributed by atoms with Crippen LogP contribution in [0.4, 0.5) is 0 Å². The number of carbonyl (C=O) groups excluding carboxylic acids is 1. The molecule has 1 aliphatic heterocycles. The van der Waals surface area contributed by atoms with Crippen LogP contribution < -0.4 is 11.2 Å². The Hall–Kier alpha value is -3.57. The first-order valence-corrected chi connectivity index (χ1v) is 9.99. The standard InChI is InChI=1S/C20H17N5O3.C2H6/c1-10-2-5-13(26)15-17(10)25-19(24-15)14(18(21)27)16-20(25)23-12(8-22-16)4-3-11-6-7-28-9-11;1-2/h2,5,8,11,22-23H,6-7,9H2,1H3,(H2,21,27);1-2H3/t11-;/m0./s1. The monoisotopic (exact) mass is 405 g/mol. The SMILES string of the molecule is CC.Cc1ccc(=O)c2nc3c(C(N)=O)c4[nH]cc(C#C[C@H]5CCOC5)[nH]c4n3c12. The molecule has 0 unspecified atom stereocenters. The summed E-state index contributed by atoms with van der Waals surface area (Å²) < 4.78 is 7.12. The van der Waals surface area contributed by atoms with Gasteiger partial charge in [0.2, 0.25) is 5.43 Å². The Kier molecular flexibility index (Phi) is 5.06. The number of nitrogens with two attached hydrogens (primary N) is 1. The smallest absolute Gasteiger partial charge is 0.254 e. The van der Waals surface area contributed by atoms with Gasteiger partial charge in [0, 0.05) is 18.7 Å². The van der Waals surface area contributed by atoms with Gasteiger partial charge in [-0.05, 0) is 30.9 Å². The zero-order valence-corrected chi connectivity index (χ0v) is 17.1. The van der Waals surface area contributed by atoms with Crippen molar-refractivity contribution in [3.63, 3.8) is 0 Å². The number of H-pyrrole nitrogens is 2. The highest BCUT2D eigenvalue weighted by Gasteiger charge is 2.23. The molecule has 4 N–H and O–H groups in total. The van der Waals surface area contributed by atoms with Crippen molar-refractivity contribution in [2.24, 2.45) is 11.7 Å². The van der Waals surface area contributed by atoms with Crippen molar-refractivity contribution in [1.82, 2.24) is 19.4 Å². The lowest BCUT2D eigenvalue weighted by atomic mass is 10.1. The van der Waals surface area contributed by atoms with Crippen molar-refractivity contribution in [3.8, 4) is 11.8 Å². The highest BCUT2D eigenvalue weighted by molar-refractivity contribution is 6.12. The van der Waals surface area contributed by atoms with E-state index in [4.69, 9.17) is 10.5 Å². The number of rotatable bonds is 1. The van der Waals surface area contributed by atoms with Crippen molar-refractivity contribution in [3.05, 3.63) is 45.4 Å². The number of primary amides is 1. The minimum atomic E-state index is -0.619. The fourth-order valence-electron chi connectivity index (χ4n) is 3.74. The van der Waals surface area contributed by atoms with Crippen LogP contribution in [0, 0.1) is 24.7 Å². The van der Waals surface area contributed by atoms with Crippen LogP contribution in [0.5, 0.6) is 0 Å². The number of aromatic nitrogens is 4. The van der Waals surface area contributed by atoms with E-state index in [1.165, 1.54) is 6.07 Å². The molecule has 1 aliphatic rings. The first-order chi connectivity index (χ1) is 14.5. The first-order valence-electron chi connectivity index (χ1n) is 9.99. The van der Waals surface area contributed by atoms with Crippen LogP contribution in [0.1, 0.15) is 41.9 Å². The molecule has 154 valence electrons. The quantitative estimate of drug-likeness (QED) is 0.422. The van der Waals surface area contributed by atoms with Crippen LogP contribution in [0.3, 0.4) is 0 Å². The Morgan fingerprint density at radius 3 is 2.87 bits per heavy atom. The summed E-state index contributed by atoms with van der Waals surface area (Å²) in [6.07, 6.45) is 2.62. The number of ether oxygens (including phenoxy) is 1. The Balaban J connectivity index is 0.00000106. The number of hydrogen-bond acceptors (Lipinski definition) is 4. The molecule has 1 fully saturated rings. The summed E-state index contributed by atoms with van der Waals surface area (Å²) in [6, 6.07) is 3.22. The molecule has 4 aromatic rings. The van der Waals surface area contributed by atoms with E-state index in [0.717, 1.165) is 18.6 Å². The second-order valence-electron chi connectivity index (χ2n) is 6.97. The van der Waals surface area contributed by atoms with Gasteiger partial charge in [-0.15, -0.1) is 0 Å². The zero-order chi connectivity index (χ0) is 21.4. The van der Waals surface area contributed by atoms with E-state index in [9.17, 15) is 9.59 Å². The number of fused-ring (bicyclic) bond motifs is 5. The number of aryl methyl sites for hydroxylation is 1. The van der Waals surface area contributed by atoms with Gasteiger partial charge in [0.25, 0.3) is 5.91 Å². The Morgan fingerprint density at radius 2 is 2.17 bits per heavy atom. The van der Waals surface area contributed by atoms with Gasteiger partial charge >= 0.3 is 0 Å². The number of nitrogens with zero attached hydrogens (tertiary/aromatic N) is 2. The van der Waals surface area contributed by atoms with Crippen LogP contribution >= 0.6 is 0 Å². The van der Waals surface area contributed by atoms with Crippen LogP contribution in [0.15, 0.2) is 23.1 Å². The van der Waals surface area contributed by atoms with E-state index >= 15 is 0 Å². The third kappa shape index (κ3) is 3.04. The van der Waals surface area contributed by atoms with Gasteiger partial charge in [-0.3, -0.25) is 14.0 Å². The number of carbonyl (C=O) groups is 1. The lowest BCUT2D eigenvalue weighted by Gasteiger charge is -2.01. The predicted molar refractivity (Wildman–Crippen MR) is 116 cm³/mol. The molecule has 0 saturated carbocycles. The molecule has 4 heterocycles. The third-order valence-corrected chi connectivity index (χ3v) is 5.10. The van der Waals surface area contributed by atoms with Gasteiger partial charge in [0.05, 0.1) is 17.6 Å². The van der Waals surface area contributed by atoms with Crippen molar-refractivity contribution in [2.45, 2.75) is 27.2 Å². The molecule has 8 heteroatoms. The predicted octanol–water partition coefficient (Wildman–Crippen LogP) is 2.48. The highest BCUT2D eigenvalue weighted by Crippen LogP contribution is 2.28. The minimum absolute atomic E-state index is 0.200. The van der Waals surface area contributed by atoms with Crippen LogP contribution in [0.25, 0.3) is 27.8 Å². The maximum atomic E-state index is 12.3. The molecule has 0 spiro atoms. The number of imidazole rings is 1. The molecule has 1 aromatic carbocycles. The molecule has 1 amide bonds. The molecule has 8 nitrogen and oxygen atoms in total. The first kappa shape index (κ1) is 19.7. The van der Waals surface area contributed by atoms with E-state index in [2.05, 4.69) is 26.8 Å². The summed E-state index contributed by atoms with van der Waals surface area (Å²) in [5.74, 6) is 5.91. The maximum absolute atomic E-state index is 12.3. The van der Waals surface area contributed by atoms with Crippen molar-refractivity contribution < 1.29 is 9.53 Å². The average molecular weight is 405 g/mol. The van der Waals surface area contributed by atoms with Gasteiger partial charge in [-0.25, -0.2) is 4.98 Å². The molecule has 5 rings (SSSR count). The fourth-order valence-corrected chi connectivity index (χ4v) is 3.74. The molecule has 3 aromatic heterocycles. The second kappa shape index (κ2) is 7.69. The normalized spacial score (nSPS) is 15.8. The van der Waals surface area contributed by atoms with Crippen LogP contribution in [-0.2, 0) is 4.74 Å². The van der Waals surface area contributed by atoms with Crippen molar-refractivity contribution in [1.29, 1.82) is 0 Å². The molecule has 0 bridgehead atoms. The number of benzene rings is 1. The van der Waals surface area contributed by atoms with Crippen LogP contribution in [-0.4, -0.2) is 38.5 Å². The molecule has 1 saturated heterocycles. The van der Waals surface area contributed by atoms with E-state index in [-0.39, 0.29) is 16.9 Å². The molecular weight excluding hydrogens is 382 g/mol. The average Bonchev–Trinajstić information content (AvgIpc) is 3.45. The van der Waals surface area contributed by atoms with Gasteiger partial charge in [0.1, 0.15) is 22.4 Å². The number of amides is 1. The topological polar surface area (TPSA) is 118 Å². The summed E-state index contributed by atoms with van der Waals surface area (Å²) in [7, 11) is 0. The molecule has 0 radical (unpaired) electrons. The summed E-state index contributed by atoms with van der Waals surface area (Å²) in [4.78, 5) is 35.2. The Labute approximate surface area is 172 Å². The van der Waals surface area contributed by atoms with E-state index in [1.807, 2.05) is 20.8 Å². The van der Waals surface area contributed by atoms with E-state index in [0.29, 0.717) is 40.1 Å². The molecule has 0 aliphatic carbocycles. The second-order valence-corrected chi connectivity index (χ2v) is 6.97. The summed E-state index contributed by atoms with van der Waals surface area (Å²) in [5, 5.41) is 0. The largest absolute Gasteiger partial charge is 0.380 e. The van der Waals surface area contributed by atoms with Crippen molar-refractivity contribution in [2.75, 3.05) is 13.2 Å². The Bertz CT molecular complexity index is 1390. The number of hydrogen-bond donors (Lipinski definition) is 3. The Morgan fingerprint density at radius 1 is 1.37 bits per heavy atom. The van der Waals surface area contributed by atoms with Crippen molar-refractivity contribution >= 4 is 33.8 Å². The van der Waals surface area contributed by atoms with Crippen LogP contribution in [0.2, 0.25) is 0 Å². The van der Waals surface area contributed by atoms with E-state index in [1.54, 1.807) is 16.7 Å². The van der Waals surface area contributed by atoms with Gasteiger partial charge in [0.15, 0.2) is 5.65 Å². The summed E-state index contributed by atoms with van der Waals surface area (Å²) in [6.45, 7) is 7.27. The molecule has 1 atom stereocenters. The summed E-state index contributed by atoms with van der Waals surface area (Å²) >= 11 is 0. The van der Waals surface area contributed by atoms with Gasteiger partial charge in [-0.2, -0.15) is 0 Å². The maximum Gasteiger partial charge on any atom is 0.254 e. The third-order valence-electron chi connectivity index (χ3n) is 5.10. The fraction of sp³-hybridized carbons (Fsp3) is 0.318. The lowest BCUT2D eigenvalue weighted by Crippen LogP contribution is -2.11. The highest BCUT2D eigenvalue weighted by atomic mass is 16.5. The molecule has 30 heavy (non-hydrogen) atoms. The zero-order valence-electron chi connectivity index (χ0n) is 17.1. The van der Waals surface area contributed by atoms with Gasteiger partial charge < -0.3 is 20.4 Å². The minimum Gasteiger partial charge on any atom is -0.380 e.